The van der Waals surface area contributed by atoms with Crippen molar-refractivity contribution in [1.82, 2.24) is 4.90 Å². The Kier molecular flexibility index (Phi) is 3.19. The van der Waals surface area contributed by atoms with E-state index in [2.05, 4.69) is 0 Å². The molecule has 1 unspecified atom stereocenters. The van der Waals surface area contributed by atoms with Crippen LogP contribution in [0.15, 0.2) is 30.3 Å². The van der Waals surface area contributed by atoms with Gasteiger partial charge < -0.3 is 15.4 Å². The lowest BCUT2D eigenvalue weighted by molar-refractivity contribution is 0.0792. The summed E-state index contributed by atoms with van der Waals surface area (Å²) in [6.45, 7) is 1.91. The number of hydrogen-bond donors (Lipinski definition) is 1. The number of benzene rings is 1. The van der Waals surface area contributed by atoms with E-state index >= 15 is 0 Å². The van der Waals surface area contributed by atoms with Gasteiger partial charge in [-0.25, -0.2) is 4.79 Å². The molecule has 0 bridgehead atoms. The summed E-state index contributed by atoms with van der Waals surface area (Å²) in [6, 6.07) is 10.1. The Hall–Kier alpha value is -1.55. The Morgan fingerprint density at radius 2 is 1.95 bits per heavy atom. The van der Waals surface area contributed by atoms with Gasteiger partial charge in [0.15, 0.2) is 0 Å². The van der Waals surface area contributed by atoms with Crippen molar-refractivity contribution in [2.24, 2.45) is 11.1 Å². The minimum Gasteiger partial charge on any atom is -0.445 e. The summed E-state index contributed by atoms with van der Waals surface area (Å²) in [4.78, 5) is 13.8. The van der Waals surface area contributed by atoms with Crippen LogP contribution >= 0.6 is 0 Å². The number of amides is 1. The number of piperidine rings is 1. The maximum atomic E-state index is 12.0. The lowest BCUT2D eigenvalue weighted by Gasteiger charge is -2.31. The number of rotatable bonds is 2. The summed E-state index contributed by atoms with van der Waals surface area (Å²) >= 11 is 0. The summed E-state index contributed by atoms with van der Waals surface area (Å²) < 4.78 is 5.34. The van der Waals surface area contributed by atoms with Gasteiger partial charge in [-0.05, 0) is 30.2 Å². The summed E-state index contributed by atoms with van der Waals surface area (Å²) in [5.74, 6) is 0. The molecule has 1 aliphatic carbocycles. The molecule has 1 aromatic carbocycles. The number of likely N-dealkylation sites (tertiary alicyclic amines) is 1. The standard InChI is InChI=1S/C15H20N2O2/c16-13-10-15(13)6-8-17(9-7-15)14(18)19-11-12-4-2-1-3-5-12/h1-5,13H,6-11,16H2. The maximum Gasteiger partial charge on any atom is 0.410 e. The van der Waals surface area contributed by atoms with Crippen LogP contribution in [0, 0.1) is 5.41 Å². The number of carbonyl (C=O) groups excluding carboxylic acids is 1. The highest BCUT2D eigenvalue weighted by Gasteiger charge is 2.53. The Bertz CT molecular complexity index is 452. The van der Waals surface area contributed by atoms with Crippen molar-refractivity contribution in [1.29, 1.82) is 0 Å². The number of nitrogens with two attached hydrogens (primary N) is 1. The summed E-state index contributed by atoms with van der Waals surface area (Å²) in [5, 5.41) is 0. The zero-order valence-electron chi connectivity index (χ0n) is 11.0. The molecule has 1 saturated heterocycles. The van der Waals surface area contributed by atoms with Crippen molar-refractivity contribution in [2.45, 2.75) is 31.9 Å². The average molecular weight is 260 g/mol. The van der Waals surface area contributed by atoms with Gasteiger partial charge in [-0.3, -0.25) is 0 Å². The molecular formula is C15H20N2O2. The molecule has 1 aliphatic heterocycles. The SMILES string of the molecule is NC1CC12CCN(C(=O)OCc1ccccc1)CC2. The van der Waals surface area contributed by atoms with E-state index in [4.69, 9.17) is 10.5 Å². The van der Waals surface area contributed by atoms with E-state index in [0.29, 0.717) is 18.1 Å². The third-order valence-corrected chi connectivity index (χ3v) is 4.48. The lowest BCUT2D eigenvalue weighted by atomic mass is 9.93. The Labute approximate surface area is 113 Å². The van der Waals surface area contributed by atoms with Crippen molar-refractivity contribution in [3.8, 4) is 0 Å². The minimum atomic E-state index is -0.201. The molecule has 1 heterocycles. The molecule has 1 saturated carbocycles. The van der Waals surface area contributed by atoms with Gasteiger partial charge in [0.25, 0.3) is 0 Å². The van der Waals surface area contributed by atoms with Crippen LogP contribution in [0.5, 0.6) is 0 Å². The lowest BCUT2D eigenvalue weighted by Crippen LogP contribution is -2.40. The van der Waals surface area contributed by atoms with Crippen LogP contribution in [0.25, 0.3) is 0 Å². The van der Waals surface area contributed by atoms with Crippen molar-refractivity contribution in [3.63, 3.8) is 0 Å². The fourth-order valence-electron chi connectivity index (χ4n) is 2.90. The van der Waals surface area contributed by atoms with Crippen LogP contribution in [0.2, 0.25) is 0 Å². The second-order valence-corrected chi connectivity index (χ2v) is 5.70. The first-order chi connectivity index (χ1) is 9.20. The van der Waals surface area contributed by atoms with Crippen LogP contribution in [0.4, 0.5) is 4.79 Å². The molecule has 1 aromatic rings. The van der Waals surface area contributed by atoms with Crippen LogP contribution in [0.3, 0.4) is 0 Å². The molecule has 0 radical (unpaired) electrons. The zero-order chi connectivity index (χ0) is 13.3. The van der Waals surface area contributed by atoms with Gasteiger partial charge in [0, 0.05) is 19.1 Å². The molecule has 19 heavy (non-hydrogen) atoms. The van der Waals surface area contributed by atoms with Gasteiger partial charge in [-0.1, -0.05) is 30.3 Å². The molecule has 2 N–H and O–H groups in total. The van der Waals surface area contributed by atoms with E-state index in [1.165, 1.54) is 0 Å². The topological polar surface area (TPSA) is 55.6 Å². The third-order valence-electron chi connectivity index (χ3n) is 4.48. The Balaban J connectivity index is 1.46. The zero-order valence-corrected chi connectivity index (χ0v) is 11.0. The van der Waals surface area contributed by atoms with Crippen molar-refractivity contribution in [3.05, 3.63) is 35.9 Å². The third kappa shape index (κ3) is 2.59. The first-order valence-electron chi connectivity index (χ1n) is 6.91. The molecule has 2 fully saturated rings. The van der Waals surface area contributed by atoms with E-state index in [9.17, 15) is 4.79 Å². The maximum absolute atomic E-state index is 12.0. The number of nitrogens with zero attached hydrogens (tertiary/aromatic N) is 1. The fourth-order valence-corrected chi connectivity index (χ4v) is 2.90. The van der Waals surface area contributed by atoms with Crippen LogP contribution in [-0.4, -0.2) is 30.1 Å². The molecule has 1 spiro atoms. The summed E-state index contributed by atoms with van der Waals surface area (Å²) in [5.41, 5.74) is 7.32. The van der Waals surface area contributed by atoms with Gasteiger partial charge in [-0.2, -0.15) is 0 Å². The first kappa shape index (κ1) is 12.5. The summed E-state index contributed by atoms with van der Waals surface area (Å²) in [6.07, 6.45) is 2.97. The highest BCUT2D eigenvalue weighted by Crippen LogP contribution is 2.52. The van der Waals surface area contributed by atoms with Crippen LogP contribution < -0.4 is 5.73 Å². The predicted molar refractivity (Wildman–Crippen MR) is 72.5 cm³/mol. The molecule has 3 rings (SSSR count). The van der Waals surface area contributed by atoms with Gasteiger partial charge in [-0.15, -0.1) is 0 Å². The molecule has 1 amide bonds. The van der Waals surface area contributed by atoms with Gasteiger partial charge in [0.05, 0.1) is 0 Å². The van der Waals surface area contributed by atoms with E-state index < -0.39 is 0 Å². The van der Waals surface area contributed by atoms with Crippen molar-refractivity contribution >= 4 is 6.09 Å². The quantitative estimate of drug-likeness (QED) is 0.886. The molecule has 4 heteroatoms. The molecule has 0 aromatic heterocycles. The second kappa shape index (κ2) is 4.85. The van der Waals surface area contributed by atoms with Gasteiger partial charge >= 0.3 is 6.09 Å². The van der Waals surface area contributed by atoms with Gasteiger partial charge in [0.2, 0.25) is 0 Å². The van der Waals surface area contributed by atoms with E-state index in [1.54, 1.807) is 4.90 Å². The number of carbonyl (C=O) groups is 1. The normalized spacial score (nSPS) is 24.3. The first-order valence-corrected chi connectivity index (χ1v) is 6.91. The fraction of sp³-hybridized carbons (Fsp3) is 0.533. The van der Waals surface area contributed by atoms with Crippen molar-refractivity contribution in [2.75, 3.05) is 13.1 Å². The molecular weight excluding hydrogens is 240 g/mol. The minimum absolute atomic E-state index is 0.201. The van der Waals surface area contributed by atoms with Crippen LogP contribution in [0.1, 0.15) is 24.8 Å². The van der Waals surface area contributed by atoms with E-state index in [-0.39, 0.29) is 6.09 Å². The second-order valence-electron chi connectivity index (χ2n) is 5.70. The van der Waals surface area contributed by atoms with Crippen LogP contribution in [-0.2, 0) is 11.3 Å². The van der Waals surface area contributed by atoms with E-state index in [0.717, 1.165) is 37.9 Å². The molecule has 102 valence electrons. The summed E-state index contributed by atoms with van der Waals surface area (Å²) in [7, 11) is 0. The smallest absolute Gasteiger partial charge is 0.410 e. The largest absolute Gasteiger partial charge is 0.445 e. The predicted octanol–water partition coefficient (Wildman–Crippen LogP) is 2.14. The Morgan fingerprint density at radius 1 is 1.32 bits per heavy atom. The molecule has 4 nitrogen and oxygen atoms in total. The Morgan fingerprint density at radius 3 is 2.53 bits per heavy atom. The average Bonchev–Trinajstić information content (AvgIpc) is 3.07. The van der Waals surface area contributed by atoms with Gasteiger partial charge in [0.1, 0.15) is 6.61 Å². The number of hydrogen-bond acceptors (Lipinski definition) is 3. The molecule has 1 atom stereocenters. The highest BCUT2D eigenvalue weighted by atomic mass is 16.6. The number of ether oxygens (including phenoxy) is 1. The van der Waals surface area contributed by atoms with Crippen molar-refractivity contribution < 1.29 is 9.53 Å². The highest BCUT2D eigenvalue weighted by molar-refractivity contribution is 5.67. The molecule has 2 aliphatic rings. The van der Waals surface area contributed by atoms with E-state index in [1.807, 2.05) is 30.3 Å². The monoisotopic (exact) mass is 260 g/mol.